The topological polar surface area (TPSA) is 71.9 Å². The van der Waals surface area contributed by atoms with Gasteiger partial charge in [-0.15, -0.1) is 11.3 Å². The third-order valence-corrected chi connectivity index (χ3v) is 7.26. The van der Waals surface area contributed by atoms with E-state index in [0.29, 0.717) is 28.9 Å². The first kappa shape index (κ1) is 22.4. The second-order valence-electron chi connectivity index (χ2n) is 8.78. The molecule has 1 amide bonds. The third kappa shape index (κ3) is 4.53. The number of aromatic hydroxyl groups is 1. The fraction of sp³-hybridized carbons (Fsp3) is 0.440. The lowest BCUT2D eigenvalue weighted by atomic mass is 9.89. The van der Waals surface area contributed by atoms with Gasteiger partial charge in [-0.05, 0) is 30.4 Å². The molecule has 1 aliphatic heterocycles. The normalized spacial score (nSPS) is 19.7. The van der Waals surface area contributed by atoms with Gasteiger partial charge in [0, 0.05) is 37.2 Å². The van der Waals surface area contributed by atoms with E-state index in [1.54, 1.807) is 37.7 Å². The second-order valence-corrected chi connectivity index (χ2v) is 9.85. The van der Waals surface area contributed by atoms with E-state index in [-0.39, 0.29) is 18.1 Å². The van der Waals surface area contributed by atoms with Crippen molar-refractivity contribution in [2.75, 3.05) is 27.3 Å². The maximum atomic E-state index is 13.5. The molecule has 2 aromatic carbocycles. The van der Waals surface area contributed by atoms with E-state index in [1.165, 1.54) is 0 Å². The molecule has 1 saturated heterocycles. The minimum absolute atomic E-state index is 0.0404. The van der Waals surface area contributed by atoms with E-state index in [9.17, 15) is 9.90 Å². The number of methoxy groups -OCH3 is 2. The van der Waals surface area contributed by atoms with E-state index in [2.05, 4.69) is 13.8 Å². The number of thiazole rings is 1. The minimum Gasteiger partial charge on any atom is -0.507 e. The number of hydrogen-bond donors (Lipinski definition) is 1. The lowest BCUT2D eigenvalue weighted by Crippen LogP contribution is -2.43. The Morgan fingerprint density at radius 3 is 2.56 bits per heavy atom. The summed E-state index contributed by atoms with van der Waals surface area (Å²) in [6.07, 6.45) is 1.35. The molecule has 170 valence electrons. The van der Waals surface area contributed by atoms with E-state index >= 15 is 0 Å². The summed E-state index contributed by atoms with van der Waals surface area (Å²) in [7, 11) is 3.10. The van der Waals surface area contributed by atoms with Crippen molar-refractivity contribution in [3.8, 4) is 17.2 Å². The molecule has 1 fully saturated rings. The van der Waals surface area contributed by atoms with Crippen molar-refractivity contribution in [2.45, 2.75) is 32.6 Å². The number of phenols is 1. The maximum absolute atomic E-state index is 13.5. The Balaban J connectivity index is 1.76. The smallest absolute Gasteiger partial charge is 0.223 e. The number of benzene rings is 2. The van der Waals surface area contributed by atoms with E-state index < -0.39 is 5.92 Å². The van der Waals surface area contributed by atoms with Crippen LogP contribution < -0.4 is 9.47 Å². The molecule has 0 bridgehead atoms. The number of amides is 1. The van der Waals surface area contributed by atoms with Crippen LogP contribution in [0.1, 0.15) is 43.2 Å². The number of ether oxygens (including phenoxy) is 2. The van der Waals surface area contributed by atoms with Gasteiger partial charge < -0.3 is 19.5 Å². The predicted molar refractivity (Wildman–Crippen MR) is 127 cm³/mol. The molecule has 1 aromatic heterocycles. The first-order valence-corrected chi connectivity index (χ1v) is 11.8. The Bertz CT molecular complexity index is 1070. The van der Waals surface area contributed by atoms with Crippen molar-refractivity contribution >= 4 is 27.5 Å². The quantitative estimate of drug-likeness (QED) is 0.565. The average molecular weight is 455 g/mol. The first-order valence-electron chi connectivity index (χ1n) is 11.0. The number of carbonyl (C=O) groups excluding carboxylic acids is 1. The fourth-order valence-corrected chi connectivity index (χ4v) is 5.82. The minimum atomic E-state index is -0.423. The molecule has 0 saturated carbocycles. The molecular weight excluding hydrogens is 424 g/mol. The molecule has 6 nitrogen and oxygen atoms in total. The summed E-state index contributed by atoms with van der Waals surface area (Å²) < 4.78 is 12.0. The molecule has 0 aliphatic carbocycles. The highest BCUT2D eigenvalue weighted by molar-refractivity contribution is 7.18. The average Bonchev–Trinajstić information content (AvgIpc) is 3.20. The lowest BCUT2D eigenvalue weighted by Gasteiger charge is -2.35. The van der Waals surface area contributed by atoms with Crippen molar-refractivity contribution in [1.29, 1.82) is 0 Å². The number of para-hydroxylation sites is 1. The largest absolute Gasteiger partial charge is 0.507 e. The van der Waals surface area contributed by atoms with Crippen LogP contribution in [0, 0.1) is 11.8 Å². The molecule has 3 atom stereocenters. The molecule has 2 unspecified atom stereocenters. The van der Waals surface area contributed by atoms with E-state index in [4.69, 9.17) is 14.5 Å². The summed E-state index contributed by atoms with van der Waals surface area (Å²) >= 11 is 1.55. The van der Waals surface area contributed by atoms with Crippen molar-refractivity contribution in [3.05, 3.63) is 47.0 Å². The number of piperidine rings is 1. The summed E-state index contributed by atoms with van der Waals surface area (Å²) in [6.45, 7) is 5.92. The summed E-state index contributed by atoms with van der Waals surface area (Å²) in [5, 5.41) is 11.7. The Morgan fingerprint density at radius 2 is 1.91 bits per heavy atom. The highest BCUT2D eigenvalue weighted by Crippen LogP contribution is 2.45. The lowest BCUT2D eigenvalue weighted by molar-refractivity contribution is -0.134. The fourth-order valence-electron chi connectivity index (χ4n) is 4.75. The van der Waals surface area contributed by atoms with Gasteiger partial charge in [0.05, 0.1) is 30.4 Å². The summed E-state index contributed by atoms with van der Waals surface area (Å²) in [5.41, 5.74) is 1.45. The molecule has 0 radical (unpaired) electrons. The van der Waals surface area contributed by atoms with Gasteiger partial charge in [0.15, 0.2) is 0 Å². The van der Waals surface area contributed by atoms with Crippen LogP contribution in [-0.2, 0) is 4.79 Å². The number of rotatable bonds is 6. The summed E-state index contributed by atoms with van der Waals surface area (Å²) in [5.74, 6) is 1.63. The van der Waals surface area contributed by atoms with Gasteiger partial charge in [-0.2, -0.15) is 0 Å². The first-order chi connectivity index (χ1) is 15.4. The van der Waals surface area contributed by atoms with E-state index in [0.717, 1.165) is 34.7 Å². The standard InChI is InChI=1S/C25H30N2O4S/c1-15-9-16(2)14-27(13-15)23(29)12-18(25-26-19-7-5-6-8-22(19)32-25)24-20(28)10-17(30-3)11-21(24)31-4/h5-8,10-11,15-16,18,28H,9,12-14H2,1-4H3/t15-,16?,18?/m1/s1. The SMILES string of the molecule is COc1cc(O)c(C(CC(=O)N2CC(C)C[C@@H](C)C2)c2nc3ccccc3s2)c(OC)c1. The van der Waals surface area contributed by atoms with Gasteiger partial charge in [0.2, 0.25) is 5.91 Å². The van der Waals surface area contributed by atoms with Crippen LogP contribution in [0.2, 0.25) is 0 Å². The van der Waals surface area contributed by atoms with Crippen LogP contribution in [-0.4, -0.2) is 48.2 Å². The Hall–Kier alpha value is -2.80. The molecule has 32 heavy (non-hydrogen) atoms. The van der Waals surface area contributed by atoms with Crippen molar-refractivity contribution in [3.63, 3.8) is 0 Å². The molecule has 1 aliphatic rings. The van der Waals surface area contributed by atoms with Crippen LogP contribution in [0.25, 0.3) is 10.2 Å². The van der Waals surface area contributed by atoms with Crippen molar-refractivity contribution in [2.24, 2.45) is 11.8 Å². The molecular formula is C25H30N2O4S. The number of aromatic nitrogens is 1. The van der Waals surface area contributed by atoms with Crippen LogP contribution in [0.4, 0.5) is 0 Å². The summed E-state index contributed by atoms with van der Waals surface area (Å²) in [4.78, 5) is 20.2. The molecule has 7 heteroatoms. The molecule has 3 aromatic rings. The molecule has 1 N–H and O–H groups in total. The van der Waals surface area contributed by atoms with Gasteiger partial charge in [-0.3, -0.25) is 4.79 Å². The van der Waals surface area contributed by atoms with Gasteiger partial charge in [0.25, 0.3) is 0 Å². The number of phenolic OH excluding ortho intramolecular Hbond substituents is 1. The number of nitrogens with zero attached hydrogens (tertiary/aromatic N) is 2. The molecule has 2 heterocycles. The zero-order valence-corrected chi connectivity index (χ0v) is 19.8. The highest BCUT2D eigenvalue weighted by atomic mass is 32.1. The third-order valence-electron chi connectivity index (χ3n) is 6.11. The predicted octanol–water partition coefficient (Wildman–Crippen LogP) is 5.05. The van der Waals surface area contributed by atoms with Gasteiger partial charge in [-0.1, -0.05) is 26.0 Å². The maximum Gasteiger partial charge on any atom is 0.223 e. The number of carbonyl (C=O) groups is 1. The number of hydrogen-bond acceptors (Lipinski definition) is 6. The Kier molecular flexibility index (Phi) is 6.55. The zero-order chi connectivity index (χ0) is 22.8. The number of likely N-dealkylation sites (tertiary alicyclic amines) is 1. The van der Waals surface area contributed by atoms with Crippen LogP contribution in [0.5, 0.6) is 17.2 Å². The Morgan fingerprint density at radius 1 is 1.19 bits per heavy atom. The van der Waals surface area contributed by atoms with Crippen molar-refractivity contribution < 1.29 is 19.4 Å². The zero-order valence-electron chi connectivity index (χ0n) is 19.0. The highest BCUT2D eigenvalue weighted by Gasteiger charge is 2.32. The monoisotopic (exact) mass is 454 g/mol. The van der Waals surface area contributed by atoms with E-state index in [1.807, 2.05) is 29.2 Å². The van der Waals surface area contributed by atoms with Crippen LogP contribution in [0.15, 0.2) is 36.4 Å². The summed E-state index contributed by atoms with van der Waals surface area (Å²) in [6, 6.07) is 11.2. The Labute approximate surface area is 192 Å². The second kappa shape index (κ2) is 9.36. The molecule has 0 spiro atoms. The van der Waals surface area contributed by atoms with Crippen LogP contribution in [0.3, 0.4) is 0 Å². The van der Waals surface area contributed by atoms with Gasteiger partial charge >= 0.3 is 0 Å². The van der Waals surface area contributed by atoms with Crippen LogP contribution >= 0.6 is 11.3 Å². The molecule has 4 rings (SSSR count). The number of fused-ring (bicyclic) bond motifs is 1. The van der Waals surface area contributed by atoms with Gasteiger partial charge in [-0.25, -0.2) is 4.98 Å². The van der Waals surface area contributed by atoms with Gasteiger partial charge in [0.1, 0.15) is 22.3 Å². The van der Waals surface area contributed by atoms with Crippen molar-refractivity contribution in [1.82, 2.24) is 9.88 Å².